The van der Waals surface area contributed by atoms with Crippen LogP contribution in [0, 0.1) is 13.8 Å². The predicted molar refractivity (Wildman–Crippen MR) is 96.0 cm³/mol. The average molecular weight is 360 g/mol. The second kappa shape index (κ2) is 7.28. The van der Waals surface area contributed by atoms with Crippen LogP contribution in [0.2, 0.25) is 0 Å². The van der Waals surface area contributed by atoms with Crippen LogP contribution >= 0.6 is 11.3 Å². The number of ether oxygens (including phenoxy) is 1. The fraction of sp³-hybridized carbons (Fsp3) is 0.412. The van der Waals surface area contributed by atoms with Crippen molar-refractivity contribution in [3.05, 3.63) is 34.3 Å². The number of amides is 2. The highest BCUT2D eigenvalue weighted by Crippen LogP contribution is 2.34. The molecular weight excluding hydrogens is 340 g/mol. The third-order valence-corrected chi connectivity index (χ3v) is 4.96. The summed E-state index contributed by atoms with van der Waals surface area (Å²) in [6.07, 6.45) is 0.396. The van der Waals surface area contributed by atoms with E-state index in [1.165, 1.54) is 18.4 Å². The molecule has 3 rings (SSSR count). The molecule has 1 aliphatic heterocycles. The van der Waals surface area contributed by atoms with Crippen molar-refractivity contribution >= 4 is 34.0 Å². The molecule has 8 heteroatoms. The Kier molecular flexibility index (Phi) is 5.10. The molecule has 0 saturated carbocycles. The molecule has 2 heterocycles. The number of carbonyl (C=O) groups excluding carboxylic acids is 2. The van der Waals surface area contributed by atoms with Gasteiger partial charge < -0.3 is 9.64 Å². The maximum absolute atomic E-state index is 12.4. The number of nitrogens with zero attached hydrogens (tertiary/aromatic N) is 3. The predicted octanol–water partition coefficient (Wildman–Crippen LogP) is 2.26. The Balaban J connectivity index is 1.72. The van der Waals surface area contributed by atoms with Gasteiger partial charge in [-0.2, -0.15) is 0 Å². The van der Waals surface area contributed by atoms with Crippen molar-refractivity contribution in [3.63, 3.8) is 0 Å². The highest BCUT2D eigenvalue weighted by Gasteiger charge is 2.34. The van der Waals surface area contributed by atoms with Crippen molar-refractivity contribution < 1.29 is 14.3 Å². The van der Waals surface area contributed by atoms with Gasteiger partial charge in [-0.25, -0.2) is 0 Å². The number of aryl methyl sites for hydroxylation is 2. The molecule has 2 aromatic rings. The van der Waals surface area contributed by atoms with E-state index in [1.54, 1.807) is 4.90 Å². The second-order valence-electron chi connectivity index (χ2n) is 6.18. The largest absolute Gasteiger partial charge is 0.375 e. The molecule has 0 bridgehead atoms. The molecule has 1 saturated heterocycles. The molecule has 1 atom stereocenters. The minimum Gasteiger partial charge on any atom is -0.375 e. The standard InChI is InChI=1S/C17H20N4O3S/c1-10-4-11(2)6-13(5-10)21-8-12(7-15(21)23)16-19-20-17(25-16)18-14(22)9-24-3/h4-6,12H,7-9H2,1-3H3,(H,18,20,22). The summed E-state index contributed by atoms with van der Waals surface area (Å²) in [4.78, 5) is 25.8. The molecule has 1 aromatic heterocycles. The van der Waals surface area contributed by atoms with Crippen molar-refractivity contribution in [1.82, 2.24) is 10.2 Å². The number of nitrogens with one attached hydrogen (secondary N) is 1. The molecule has 1 unspecified atom stereocenters. The minimum atomic E-state index is -0.274. The molecule has 0 radical (unpaired) electrons. The first-order valence-corrected chi connectivity index (χ1v) is 8.78. The molecule has 0 aliphatic carbocycles. The highest BCUT2D eigenvalue weighted by atomic mass is 32.1. The van der Waals surface area contributed by atoms with Gasteiger partial charge in [-0.15, -0.1) is 10.2 Å². The van der Waals surface area contributed by atoms with Gasteiger partial charge in [0.15, 0.2) is 0 Å². The monoisotopic (exact) mass is 360 g/mol. The Labute approximate surface area is 150 Å². The summed E-state index contributed by atoms with van der Waals surface area (Å²) < 4.78 is 4.77. The number of hydrogen-bond donors (Lipinski definition) is 1. The van der Waals surface area contributed by atoms with E-state index in [1.807, 2.05) is 26.0 Å². The van der Waals surface area contributed by atoms with Crippen LogP contribution < -0.4 is 10.2 Å². The summed E-state index contributed by atoms with van der Waals surface area (Å²) >= 11 is 1.30. The fourth-order valence-corrected chi connectivity index (χ4v) is 3.82. The molecule has 1 aliphatic rings. The van der Waals surface area contributed by atoms with Gasteiger partial charge >= 0.3 is 0 Å². The zero-order chi connectivity index (χ0) is 18.0. The number of rotatable bonds is 5. The van der Waals surface area contributed by atoms with Gasteiger partial charge in [0.05, 0.1) is 0 Å². The SMILES string of the molecule is COCC(=O)Nc1nnc(C2CC(=O)N(c3cc(C)cc(C)c3)C2)s1. The first-order chi connectivity index (χ1) is 12.0. The maximum Gasteiger partial charge on any atom is 0.252 e. The summed E-state index contributed by atoms with van der Waals surface area (Å²) in [6.45, 7) is 4.59. The topological polar surface area (TPSA) is 84.4 Å². The first kappa shape index (κ1) is 17.5. The van der Waals surface area contributed by atoms with Gasteiger partial charge in [-0.05, 0) is 37.1 Å². The molecule has 7 nitrogen and oxygen atoms in total. The number of hydrogen-bond acceptors (Lipinski definition) is 6. The molecule has 1 fully saturated rings. The van der Waals surface area contributed by atoms with Gasteiger partial charge in [-0.3, -0.25) is 14.9 Å². The lowest BCUT2D eigenvalue weighted by molar-refractivity contribution is -0.119. The van der Waals surface area contributed by atoms with Crippen molar-refractivity contribution in [2.75, 3.05) is 30.5 Å². The van der Waals surface area contributed by atoms with E-state index in [-0.39, 0.29) is 24.3 Å². The van der Waals surface area contributed by atoms with Crippen molar-refractivity contribution in [1.29, 1.82) is 0 Å². The number of aromatic nitrogens is 2. The summed E-state index contributed by atoms with van der Waals surface area (Å²) in [7, 11) is 1.46. The van der Waals surface area contributed by atoms with Crippen LogP contribution in [0.1, 0.15) is 28.5 Å². The minimum absolute atomic E-state index is 0.0149. The molecule has 1 N–H and O–H groups in total. The fourth-order valence-electron chi connectivity index (χ4n) is 2.97. The summed E-state index contributed by atoms with van der Waals surface area (Å²) in [5.41, 5.74) is 3.18. The van der Waals surface area contributed by atoms with Crippen LogP contribution in [0.5, 0.6) is 0 Å². The van der Waals surface area contributed by atoms with Crippen LogP contribution in [-0.4, -0.2) is 42.3 Å². The quantitative estimate of drug-likeness (QED) is 0.884. The van der Waals surface area contributed by atoms with Crippen LogP contribution in [0.4, 0.5) is 10.8 Å². The van der Waals surface area contributed by atoms with E-state index < -0.39 is 0 Å². The van der Waals surface area contributed by atoms with Crippen LogP contribution in [-0.2, 0) is 14.3 Å². The third-order valence-electron chi connectivity index (χ3n) is 3.95. The van der Waals surface area contributed by atoms with Crippen LogP contribution in [0.3, 0.4) is 0 Å². The van der Waals surface area contributed by atoms with E-state index in [0.29, 0.717) is 18.1 Å². The average Bonchev–Trinajstić information content (AvgIpc) is 3.13. The number of carbonyl (C=O) groups is 2. The van der Waals surface area contributed by atoms with Crippen molar-refractivity contribution in [3.8, 4) is 0 Å². The van der Waals surface area contributed by atoms with Gasteiger partial charge in [0.1, 0.15) is 11.6 Å². The Morgan fingerprint density at radius 1 is 1.32 bits per heavy atom. The third kappa shape index (κ3) is 4.02. The summed E-state index contributed by atoms with van der Waals surface area (Å²) in [6, 6.07) is 6.12. The van der Waals surface area contributed by atoms with Gasteiger partial charge in [0.2, 0.25) is 11.0 Å². The molecule has 1 aromatic carbocycles. The number of methoxy groups -OCH3 is 1. The normalized spacial score (nSPS) is 17.2. The summed E-state index contributed by atoms with van der Waals surface area (Å²) in [5.74, 6) is -0.210. The van der Waals surface area contributed by atoms with Gasteiger partial charge in [-0.1, -0.05) is 17.4 Å². The summed E-state index contributed by atoms with van der Waals surface area (Å²) in [5, 5.41) is 11.9. The van der Waals surface area contributed by atoms with Gasteiger partial charge in [0.25, 0.3) is 5.91 Å². The Morgan fingerprint density at radius 3 is 2.72 bits per heavy atom. The zero-order valence-corrected chi connectivity index (χ0v) is 15.2. The Hall–Kier alpha value is -2.32. The molecule has 0 spiro atoms. The Morgan fingerprint density at radius 2 is 2.04 bits per heavy atom. The van der Waals surface area contributed by atoms with Crippen LogP contribution in [0.25, 0.3) is 0 Å². The smallest absolute Gasteiger partial charge is 0.252 e. The lowest BCUT2D eigenvalue weighted by Crippen LogP contribution is -2.24. The lowest BCUT2D eigenvalue weighted by Gasteiger charge is -2.17. The van der Waals surface area contributed by atoms with Gasteiger partial charge in [0, 0.05) is 31.7 Å². The van der Waals surface area contributed by atoms with E-state index in [0.717, 1.165) is 21.8 Å². The number of anilines is 2. The molecular formula is C17H20N4O3S. The van der Waals surface area contributed by atoms with Crippen molar-refractivity contribution in [2.45, 2.75) is 26.2 Å². The molecule has 132 valence electrons. The Bertz CT molecular complexity index is 785. The molecule has 2 amide bonds. The zero-order valence-electron chi connectivity index (χ0n) is 14.4. The lowest BCUT2D eigenvalue weighted by atomic mass is 10.1. The van der Waals surface area contributed by atoms with Crippen molar-refractivity contribution in [2.24, 2.45) is 0 Å². The van der Waals surface area contributed by atoms with E-state index in [4.69, 9.17) is 4.74 Å². The number of benzene rings is 1. The van der Waals surface area contributed by atoms with E-state index in [9.17, 15) is 9.59 Å². The van der Waals surface area contributed by atoms with E-state index in [2.05, 4.69) is 21.6 Å². The highest BCUT2D eigenvalue weighted by molar-refractivity contribution is 7.15. The van der Waals surface area contributed by atoms with Crippen LogP contribution in [0.15, 0.2) is 18.2 Å². The first-order valence-electron chi connectivity index (χ1n) is 7.97. The maximum atomic E-state index is 12.4. The second-order valence-corrected chi connectivity index (χ2v) is 7.19. The molecule has 25 heavy (non-hydrogen) atoms. The van der Waals surface area contributed by atoms with E-state index >= 15 is 0 Å².